The maximum atomic E-state index is 11.5. The summed E-state index contributed by atoms with van der Waals surface area (Å²) in [6, 6.07) is 0. The molecule has 12 heavy (non-hydrogen) atoms. The second-order valence-electron chi connectivity index (χ2n) is 1.80. The van der Waals surface area contributed by atoms with Gasteiger partial charge in [0, 0.05) is 5.75 Å². The van der Waals surface area contributed by atoms with Crippen LogP contribution < -0.4 is 0 Å². The van der Waals surface area contributed by atoms with Gasteiger partial charge in [0.2, 0.25) is 0 Å². The summed E-state index contributed by atoms with van der Waals surface area (Å²) < 4.78 is 57.3. The zero-order valence-corrected chi connectivity index (χ0v) is 7.15. The molecule has 0 aliphatic rings. The van der Waals surface area contributed by atoms with E-state index in [1.165, 1.54) is 5.40 Å². The lowest BCUT2D eigenvalue weighted by atomic mass is 10.8. The molecule has 0 aromatic rings. The minimum atomic E-state index is -9.39. The summed E-state index contributed by atoms with van der Waals surface area (Å²) in [5, 5.41) is 8.24. The van der Waals surface area contributed by atoms with Gasteiger partial charge in [0.15, 0.2) is 0 Å². The third-order valence-electron chi connectivity index (χ3n) is 0.598. The first-order chi connectivity index (χ1) is 5.04. The summed E-state index contributed by atoms with van der Waals surface area (Å²) in [7, 11) is -9.39. The molecule has 0 heterocycles. The third-order valence-corrected chi connectivity index (χ3v) is 1.79. The lowest BCUT2D eigenvalue weighted by Crippen LogP contribution is -1.99. The Bertz CT molecular complexity index is 232. The second-order valence-corrected chi connectivity index (χ2v) is 4.94. The molecule has 8 heteroatoms. The van der Waals surface area contributed by atoms with Gasteiger partial charge in [-0.2, -0.15) is 5.26 Å². The molecule has 0 N–H and O–H groups in total. The van der Waals surface area contributed by atoms with Crippen LogP contribution >= 0.6 is 22.0 Å². The lowest BCUT2D eigenvalue weighted by molar-refractivity contribution is 0.384. The molecule has 0 amide bonds. The van der Waals surface area contributed by atoms with Crippen molar-refractivity contribution in [1.82, 2.24) is 0 Å². The van der Waals surface area contributed by atoms with Crippen molar-refractivity contribution >= 4 is 22.0 Å². The lowest BCUT2D eigenvalue weighted by Gasteiger charge is -2.36. The van der Waals surface area contributed by atoms with Gasteiger partial charge in [0.05, 0.1) is 5.41 Å². The maximum absolute atomic E-state index is 11.5. The van der Waals surface area contributed by atoms with Crippen molar-refractivity contribution in [3.05, 3.63) is 11.5 Å². The van der Waals surface area contributed by atoms with Gasteiger partial charge in [-0.25, -0.2) is 0 Å². The molecule has 0 aromatic carbocycles. The molecule has 0 rings (SSSR count). The standard InChI is InChI=1S/C4H4F5NS2/c5-12(6,7,8,9)3-1-2-11-4-10/h1,3H,2H2/b3-1+. The van der Waals surface area contributed by atoms with Crippen LogP contribution in [0.4, 0.5) is 19.4 Å². The quantitative estimate of drug-likeness (QED) is 0.411. The van der Waals surface area contributed by atoms with E-state index in [0.29, 0.717) is 11.8 Å². The van der Waals surface area contributed by atoms with Gasteiger partial charge in [0.25, 0.3) is 0 Å². The van der Waals surface area contributed by atoms with Crippen LogP contribution in [0.5, 0.6) is 0 Å². The highest BCUT2D eigenvalue weighted by Crippen LogP contribution is 2.98. The number of nitriles is 1. The molecule has 0 bridgehead atoms. The first kappa shape index (κ1) is 11.6. The van der Waals surface area contributed by atoms with E-state index in [-0.39, 0.29) is 6.08 Å². The van der Waals surface area contributed by atoms with Gasteiger partial charge in [-0.05, 0) is 11.8 Å². The average Bonchev–Trinajstić information content (AvgIpc) is 1.75. The molecule has 0 atom stereocenters. The highest BCUT2D eigenvalue weighted by Gasteiger charge is 2.60. The molecule has 0 spiro atoms. The Morgan fingerprint density at radius 3 is 2.08 bits per heavy atom. The van der Waals surface area contributed by atoms with E-state index in [0.717, 1.165) is 0 Å². The van der Waals surface area contributed by atoms with Crippen LogP contribution in [-0.2, 0) is 0 Å². The van der Waals surface area contributed by atoms with Crippen molar-refractivity contribution in [2.45, 2.75) is 0 Å². The molecule has 0 saturated heterocycles. The molecule has 0 radical (unpaired) electrons. The Kier molecular flexibility index (Phi) is 2.44. The molecule has 0 aromatic heterocycles. The topological polar surface area (TPSA) is 23.8 Å². The van der Waals surface area contributed by atoms with Gasteiger partial charge in [-0.15, -0.1) is 0 Å². The first-order valence-electron chi connectivity index (χ1n) is 2.47. The Morgan fingerprint density at radius 1 is 1.25 bits per heavy atom. The summed E-state index contributed by atoms with van der Waals surface area (Å²) in [5.41, 5.74) is 0. The minimum absolute atomic E-state index is 0.232. The normalized spacial score (nSPS) is 18.3. The number of rotatable bonds is 3. The fraction of sp³-hybridized carbons (Fsp3) is 0.250. The number of thiocyanates is 1. The number of hydrogen-bond donors (Lipinski definition) is 0. The number of halogens is 5. The predicted molar refractivity (Wildman–Crippen MR) is 40.3 cm³/mol. The second kappa shape index (κ2) is 2.53. The molecular formula is C4H4F5NS2. The summed E-state index contributed by atoms with van der Waals surface area (Å²) in [6.45, 7) is 0. The predicted octanol–water partition coefficient (Wildman–Crippen LogP) is 4.01. The van der Waals surface area contributed by atoms with Crippen molar-refractivity contribution in [2.75, 3.05) is 5.75 Å². The molecule has 0 aliphatic carbocycles. The third kappa shape index (κ3) is 9.58. The number of thioether (sulfide) groups is 1. The van der Waals surface area contributed by atoms with E-state index >= 15 is 0 Å². The van der Waals surface area contributed by atoms with Gasteiger partial charge >= 0.3 is 10.2 Å². The molecular weight excluding hydrogens is 221 g/mol. The van der Waals surface area contributed by atoms with Gasteiger partial charge in [-0.3, -0.25) is 0 Å². The monoisotopic (exact) mass is 225 g/mol. The van der Waals surface area contributed by atoms with E-state index < -0.39 is 21.4 Å². The van der Waals surface area contributed by atoms with Crippen LogP contribution in [-0.4, -0.2) is 5.75 Å². The number of hydrogen-bond acceptors (Lipinski definition) is 2. The van der Waals surface area contributed by atoms with E-state index in [9.17, 15) is 19.4 Å². The van der Waals surface area contributed by atoms with Gasteiger partial charge in [0.1, 0.15) is 5.40 Å². The summed E-state index contributed by atoms with van der Waals surface area (Å²) in [4.78, 5) is 0. The smallest absolute Gasteiger partial charge is 0.185 e. The fourth-order valence-electron chi connectivity index (χ4n) is 0.307. The van der Waals surface area contributed by atoms with Gasteiger partial charge < -0.3 is 0 Å². The zero-order valence-electron chi connectivity index (χ0n) is 5.52. The maximum Gasteiger partial charge on any atom is 0.304 e. The zero-order chi connectivity index (χ0) is 9.94. The van der Waals surface area contributed by atoms with Crippen molar-refractivity contribution in [3.63, 3.8) is 0 Å². The highest BCUT2D eigenvalue weighted by atomic mass is 32.5. The molecule has 0 aliphatic heterocycles. The minimum Gasteiger partial charge on any atom is -0.185 e. The SMILES string of the molecule is N#CSC/C=C/S(F)(F)(F)(F)F. The largest absolute Gasteiger partial charge is 0.304 e. The van der Waals surface area contributed by atoms with E-state index in [4.69, 9.17) is 5.26 Å². The molecule has 72 valence electrons. The van der Waals surface area contributed by atoms with E-state index in [2.05, 4.69) is 0 Å². The highest BCUT2D eigenvalue weighted by molar-refractivity contribution is 8.48. The summed E-state index contributed by atoms with van der Waals surface area (Å²) in [5.74, 6) is -0.401. The summed E-state index contributed by atoms with van der Waals surface area (Å²) in [6.07, 6.45) is 0.232. The first-order valence-corrected chi connectivity index (χ1v) is 5.47. The number of nitrogens with zero attached hydrogens (tertiary/aromatic N) is 1. The Labute approximate surface area is 70.0 Å². The molecule has 1 nitrogen and oxygen atoms in total. The van der Waals surface area contributed by atoms with Crippen molar-refractivity contribution in [2.24, 2.45) is 0 Å². The summed E-state index contributed by atoms with van der Waals surface area (Å²) >= 11 is 0.451. The van der Waals surface area contributed by atoms with Crippen LogP contribution in [0.25, 0.3) is 0 Å². The van der Waals surface area contributed by atoms with E-state index in [1.807, 2.05) is 0 Å². The average molecular weight is 225 g/mol. The van der Waals surface area contributed by atoms with Crippen molar-refractivity contribution in [3.8, 4) is 5.40 Å². The Morgan fingerprint density at radius 2 is 1.75 bits per heavy atom. The molecule has 0 unspecified atom stereocenters. The van der Waals surface area contributed by atoms with Crippen LogP contribution in [0.15, 0.2) is 11.5 Å². The van der Waals surface area contributed by atoms with E-state index in [1.54, 1.807) is 0 Å². The van der Waals surface area contributed by atoms with Crippen LogP contribution in [0.1, 0.15) is 0 Å². The van der Waals surface area contributed by atoms with Crippen LogP contribution in [0, 0.1) is 10.7 Å². The van der Waals surface area contributed by atoms with Crippen LogP contribution in [0.2, 0.25) is 0 Å². The Hall–Kier alpha value is -0.420. The Balaban J connectivity index is 4.29. The van der Waals surface area contributed by atoms with Gasteiger partial charge in [-0.1, -0.05) is 25.5 Å². The molecule has 0 saturated carbocycles. The fourth-order valence-corrected chi connectivity index (χ4v) is 1.16. The van der Waals surface area contributed by atoms with Crippen molar-refractivity contribution in [1.29, 1.82) is 5.26 Å². The van der Waals surface area contributed by atoms with Crippen LogP contribution in [0.3, 0.4) is 0 Å². The van der Waals surface area contributed by atoms with Crippen molar-refractivity contribution < 1.29 is 19.4 Å². The molecule has 0 fully saturated rings.